The second-order valence-electron chi connectivity index (χ2n) is 3.48. The quantitative estimate of drug-likeness (QED) is 0.576. The van der Waals surface area contributed by atoms with Crippen LogP contribution in [0.5, 0.6) is 0 Å². The summed E-state index contributed by atoms with van der Waals surface area (Å²) in [6, 6.07) is 4.95. The first kappa shape index (κ1) is 12.0. The minimum Gasteiger partial charge on any atom is -0.462 e. The Bertz CT molecular complexity index is 395. The van der Waals surface area contributed by atoms with E-state index in [9.17, 15) is 9.59 Å². The number of amides is 1. The van der Waals surface area contributed by atoms with Crippen LogP contribution in [0, 0.1) is 6.92 Å². The third-order valence-electron chi connectivity index (χ3n) is 1.92. The lowest BCUT2D eigenvalue weighted by Gasteiger charge is -2.05. The summed E-state index contributed by atoms with van der Waals surface area (Å²) in [4.78, 5) is 21.9. The van der Waals surface area contributed by atoms with E-state index in [1.165, 1.54) is 6.07 Å². The lowest BCUT2D eigenvalue weighted by Crippen LogP contribution is -2.15. The second-order valence-corrected chi connectivity index (χ2v) is 3.48. The molecule has 0 fully saturated rings. The van der Waals surface area contributed by atoms with Gasteiger partial charge in [-0.1, -0.05) is 0 Å². The maximum atomic E-state index is 11.5. The molecule has 5 nitrogen and oxygen atoms in total. The maximum Gasteiger partial charge on any atom is 0.338 e. The topological polar surface area (TPSA) is 95.4 Å². The Morgan fingerprint density at radius 3 is 2.56 bits per heavy atom. The summed E-state index contributed by atoms with van der Waals surface area (Å²) >= 11 is 0. The molecular formula is C11H14N2O3. The van der Waals surface area contributed by atoms with Gasteiger partial charge in [0, 0.05) is 5.69 Å². The minimum atomic E-state index is -0.503. The van der Waals surface area contributed by atoms with Gasteiger partial charge in [-0.15, -0.1) is 0 Å². The van der Waals surface area contributed by atoms with E-state index in [1.807, 2.05) is 6.92 Å². The predicted molar refractivity (Wildman–Crippen MR) is 59.7 cm³/mol. The summed E-state index contributed by atoms with van der Waals surface area (Å²) in [6.07, 6.45) is 0.0209. The van der Waals surface area contributed by atoms with E-state index in [-0.39, 0.29) is 13.0 Å². The number of nitrogens with two attached hydrogens (primary N) is 2. The van der Waals surface area contributed by atoms with Crippen molar-refractivity contribution in [3.63, 3.8) is 0 Å². The van der Waals surface area contributed by atoms with Crippen LogP contribution in [-0.2, 0) is 9.53 Å². The summed E-state index contributed by atoms with van der Waals surface area (Å²) in [5, 5.41) is 0. The van der Waals surface area contributed by atoms with Crippen molar-refractivity contribution in [1.82, 2.24) is 0 Å². The highest BCUT2D eigenvalue weighted by Gasteiger charge is 2.08. The molecule has 1 aromatic carbocycles. The van der Waals surface area contributed by atoms with Crippen LogP contribution in [0.4, 0.5) is 5.69 Å². The van der Waals surface area contributed by atoms with Gasteiger partial charge >= 0.3 is 5.97 Å². The number of hydrogen-bond acceptors (Lipinski definition) is 4. The smallest absolute Gasteiger partial charge is 0.338 e. The highest BCUT2D eigenvalue weighted by Crippen LogP contribution is 2.12. The van der Waals surface area contributed by atoms with Crippen LogP contribution in [0.25, 0.3) is 0 Å². The Hall–Kier alpha value is -2.04. The molecule has 0 saturated carbocycles. The van der Waals surface area contributed by atoms with Crippen molar-refractivity contribution in [2.75, 3.05) is 12.3 Å². The molecule has 0 radical (unpaired) electrons. The van der Waals surface area contributed by atoms with Gasteiger partial charge in [0.25, 0.3) is 0 Å². The molecule has 0 bridgehead atoms. The average molecular weight is 222 g/mol. The van der Waals surface area contributed by atoms with Crippen LogP contribution in [0.3, 0.4) is 0 Å². The molecule has 0 spiro atoms. The van der Waals surface area contributed by atoms with Crippen LogP contribution < -0.4 is 11.5 Å². The second kappa shape index (κ2) is 5.16. The first-order valence-electron chi connectivity index (χ1n) is 4.81. The summed E-state index contributed by atoms with van der Waals surface area (Å²) < 4.78 is 4.85. The molecule has 0 aliphatic rings. The van der Waals surface area contributed by atoms with Gasteiger partial charge in [0.15, 0.2) is 0 Å². The first-order valence-corrected chi connectivity index (χ1v) is 4.81. The van der Waals surface area contributed by atoms with Crippen LogP contribution in [-0.4, -0.2) is 18.5 Å². The lowest BCUT2D eigenvalue weighted by molar-refractivity contribution is -0.118. The normalized spacial score (nSPS) is 9.81. The first-order chi connectivity index (χ1) is 7.49. The van der Waals surface area contributed by atoms with Crippen LogP contribution >= 0.6 is 0 Å². The molecule has 1 rings (SSSR count). The standard InChI is InChI=1S/C11H14N2O3/c1-7-4-8(6-9(12)5-7)11(15)16-3-2-10(13)14/h4-6H,2-3,12H2,1H3,(H2,13,14). The van der Waals surface area contributed by atoms with E-state index in [1.54, 1.807) is 12.1 Å². The van der Waals surface area contributed by atoms with Gasteiger partial charge in [-0.3, -0.25) is 4.79 Å². The molecule has 0 aliphatic carbocycles. The summed E-state index contributed by atoms with van der Waals surface area (Å²) in [7, 11) is 0. The lowest BCUT2D eigenvalue weighted by atomic mass is 10.1. The van der Waals surface area contributed by atoms with Gasteiger partial charge in [0.1, 0.15) is 6.61 Å². The Morgan fingerprint density at radius 1 is 1.31 bits per heavy atom. The van der Waals surface area contributed by atoms with E-state index in [2.05, 4.69) is 0 Å². The number of ether oxygens (including phenoxy) is 1. The molecule has 0 aromatic heterocycles. The van der Waals surface area contributed by atoms with Gasteiger partial charge in [0.2, 0.25) is 5.91 Å². The molecule has 1 aromatic rings. The van der Waals surface area contributed by atoms with Crippen LogP contribution in [0.15, 0.2) is 18.2 Å². The average Bonchev–Trinajstić information content (AvgIpc) is 2.15. The van der Waals surface area contributed by atoms with Crippen molar-refractivity contribution in [2.24, 2.45) is 5.73 Å². The number of carbonyl (C=O) groups excluding carboxylic acids is 2. The maximum absolute atomic E-state index is 11.5. The highest BCUT2D eigenvalue weighted by molar-refractivity contribution is 5.90. The summed E-state index contributed by atoms with van der Waals surface area (Å²) in [5.41, 5.74) is 12.3. The number of aryl methyl sites for hydroxylation is 1. The fourth-order valence-corrected chi connectivity index (χ4v) is 1.26. The number of rotatable bonds is 4. The number of hydrogen-bond donors (Lipinski definition) is 2. The zero-order valence-electron chi connectivity index (χ0n) is 9.03. The van der Waals surface area contributed by atoms with Crippen molar-refractivity contribution in [1.29, 1.82) is 0 Å². The molecule has 16 heavy (non-hydrogen) atoms. The van der Waals surface area contributed by atoms with Gasteiger partial charge in [-0.05, 0) is 30.7 Å². The predicted octanol–water partition coefficient (Wildman–Crippen LogP) is 0.609. The van der Waals surface area contributed by atoms with Crippen LogP contribution in [0.1, 0.15) is 22.3 Å². The monoisotopic (exact) mass is 222 g/mol. The van der Waals surface area contributed by atoms with Crippen molar-refractivity contribution in [3.8, 4) is 0 Å². The van der Waals surface area contributed by atoms with E-state index in [4.69, 9.17) is 16.2 Å². The van der Waals surface area contributed by atoms with E-state index in [0.717, 1.165) is 5.56 Å². The SMILES string of the molecule is Cc1cc(N)cc(C(=O)OCCC(N)=O)c1. The molecule has 86 valence electrons. The van der Waals surface area contributed by atoms with Crippen molar-refractivity contribution in [2.45, 2.75) is 13.3 Å². The Labute approximate surface area is 93.4 Å². The van der Waals surface area contributed by atoms with Crippen LogP contribution in [0.2, 0.25) is 0 Å². The minimum absolute atomic E-state index is 0.0119. The van der Waals surface area contributed by atoms with Crippen molar-refractivity contribution in [3.05, 3.63) is 29.3 Å². The zero-order valence-corrected chi connectivity index (χ0v) is 9.03. The molecule has 0 atom stereocenters. The fourth-order valence-electron chi connectivity index (χ4n) is 1.26. The Morgan fingerprint density at radius 2 is 2.00 bits per heavy atom. The summed E-state index contributed by atoms with van der Waals surface area (Å²) in [6.45, 7) is 1.82. The number of primary amides is 1. The number of esters is 1. The van der Waals surface area contributed by atoms with Gasteiger partial charge in [-0.2, -0.15) is 0 Å². The molecule has 5 heteroatoms. The molecular weight excluding hydrogens is 208 g/mol. The zero-order chi connectivity index (χ0) is 12.1. The van der Waals surface area contributed by atoms with Gasteiger partial charge in [0.05, 0.1) is 12.0 Å². The third-order valence-corrected chi connectivity index (χ3v) is 1.92. The molecule has 0 unspecified atom stereocenters. The molecule has 4 N–H and O–H groups in total. The number of nitrogen functional groups attached to an aromatic ring is 1. The van der Waals surface area contributed by atoms with Gasteiger partial charge < -0.3 is 16.2 Å². The molecule has 0 saturated heterocycles. The molecule has 0 aliphatic heterocycles. The molecule has 1 amide bonds. The number of carbonyl (C=O) groups is 2. The van der Waals surface area contributed by atoms with E-state index >= 15 is 0 Å². The third kappa shape index (κ3) is 3.61. The Kier molecular flexibility index (Phi) is 3.88. The van der Waals surface area contributed by atoms with Crippen molar-refractivity contribution < 1.29 is 14.3 Å². The Balaban J connectivity index is 2.62. The fraction of sp³-hybridized carbons (Fsp3) is 0.273. The number of benzene rings is 1. The van der Waals surface area contributed by atoms with E-state index < -0.39 is 11.9 Å². The van der Waals surface area contributed by atoms with Crippen molar-refractivity contribution >= 4 is 17.6 Å². The highest BCUT2D eigenvalue weighted by atomic mass is 16.5. The molecule has 0 heterocycles. The largest absolute Gasteiger partial charge is 0.462 e. The summed E-state index contributed by atoms with van der Waals surface area (Å²) in [5.74, 6) is -1.01. The number of anilines is 1. The van der Waals surface area contributed by atoms with Gasteiger partial charge in [-0.25, -0.2) is 4.79 Å². The van der Waals surface area contributed by atoms with E-state index in [0.29, 0.717) is 11.3 Å².